The largest absolute Gasteiger partial charge is 0.472 e. The van der Waals surface area contributed by atoms with Crippen LogP contribution in [0.25, 0.3) is 0 Å². The summed E-state index contributed by atoms with van der Waals surface area (Å²) in [6.45, 7) is 3.73. The summed E-state index contributed by atoms with van der Waals surface area (Å²) in [5.41, 5.74) is 5.32. The summed E-state index contributed by atoms with van der Waals surface area (Å²) >= 11 is 0. The number of carbonyl (C=O) groups is 2. The number of rotatable bonds is 36. The molecule has 0 radical (unpaired) electrons. The molecule has 274 valence electrons. The van der Waals surface area contributed by atoms with Crippen LogP contribution in [0.4, 0.5) is 0 Å². The van der Waals surface area contributed by atoms with Crippen LogP contribution in [-0.4, -0.2) is 49.3 Å². The molecule has 0 aromatic rings. The van der Waals surface area contributed by atoms with Crippen molar-refractivity contribution in [2.24, 2.45) is 5.73 Å². The second-order valence-electron chi connectivity index (χ2n) is 12.8. The summed E-state index contributed by atoms with van der Waals surface area (Å²) in [6.07, 6.45) is 29.9. The molecule has 9 nitrogen and oxygen atoms in total. The Bertz CT molecular complexity index is 739. The van der Waals surface area contributed by atoms with Crippen LogP contribution in [0.3, 0.4) is 0 Å². The lowest BCUT2D eigenvalue weighted by Gasteiger charge is -2.19. The van der Waals surface area contributed by atoms with E-state index in [1.807, 2.05) is 0 Å². The van der Waals surface area contributed by atoms with Gasteiger partial charge >= 0.3 is 19.8 Å². The molecule has 0 aliphatic carbocycles. The molecule has 1 unspecified atom stereocenters. The highest BCUT2D eigenvalue weighted by atomic mass is 31.2. The molecule has 10 heteroatoms. The second kappa shape index (κ2) is 33.9. The van der Waals surface area contributed by atoms with E-state index in [-0.39, 0.29) is 38.6 Å². The fourth-order valence-corrected chi connectivity index (χ4v) is 6.16. The van der Waals surface area contributed by atoms with E-state index >= 15 is 0 Å². The van der Waals surface area contributed by atoms with Gasteiger partial charge in [0.25, 0.3) is 0 Å². The average molecular weight is 678 g/mol. The highest BCUT2D eigenvalue weighted by Crippen LogP contribution is 2.43. The van der Waals surface area contributed by atoms with Crippen LogP contribution in [0.15, 0.2) is 0 Å². The van der Waals surface area contributed by atoms with E-state index < -0.39 is 26.5 Å². The smallest absolute Gasteiger partial charge is 0.462 e. The fourth-order valence-electron chi connectivity index (χ4n) is 5.40. The molecule has 3 N–H and O–H groups in total. The topological polar surface area (TPSA) is 134 Å². The number of phosphoric acid groups is 1. The van der Waals surface area contributed by atoms with Crippen LogP contribution in [0, 0.1) is 0 Å². The van der Waals surface area contributed by atoms with Gasteiger partial charge in [0.05, 0.1) is 13.2 Å². The lowest BCUT2D eigenvalue weighted by atomic mass is 10.0. The van der Waals surface area contributed by atoms with Crippen LogP contribution >= 0.6 is 7.82 Å². The molecule has 0 aromatic heterocycles. The van der Waals surface area contributed by atoms with Gasteiger partial charge in [0, 0.05) is 19.4 Å². The molecule has 0 aliphatic rings. The molecular formula is C36H72NO8P. The third-order valence-corrected chi connectivity index (χ3v) is 9.23. The second-order valence-corrected chi connectivity index (χ2v) is 14.3. The van der Waals surface area contributed by atoms with Crippen LogP contribution in [0.5, 0.6) is 0 Å². The minimum absolute atomic E-state index is 0.0577. The molecule has 0 bridgehead atoms. The molecule has 0 rings (SSSR count). The van der Waals surface area contributed by atoms with E-state index in [0.29, 0.717) is 6.42 Å². The Labute approximate surface area is 282 Å². The van der Waals surface area contributed by atoms with E-state index in [4.69, 9.17) is 24.3 Å². The van der Waals surface area contributed by atoms with Gasteiger partial charge < -0.3 is 20.1 Å². The number of phosphoric ester groups is 1. The first-order valence-electron chi connectivity index (χ1n) is 19.0. The lowest BCUT2D eigenvalue weighted by Crippen LogP contribution is -2.29. The standard InChI is InChI=1S/C36H72NO8P/c1-3-5-7-9-11-13-15-16-17-18-19-21-23-25-27-29-36(39)45-34(33-44-46(40,41)43-31-30-37)32-42-35(38)28-26-24-22-20-14-12-10-8-6-4-2/h34H,3-33,37H2,1-2H3,(H,40,41)/t34-/m1/s1. The first-order chi connectivity index (χ1) is 22.3. The molecule has 0 fully saturated rings. The van der Waals surface area contributed by atoms with Crippen molar-refractivity contribution in [3.63, 3.8) is 0 Å². The van der Waals surface area contributed by atoms with Crippen molar-refractivity contribution >= 4 is 19.8 Å². The SMILES string of the molecule is CCCCCCCCCCCCCCCCCC(=O)O[C@H](COC(=O)CCCCCCCCCCCC)COP(=O)(O)OCCN. The van der Waals surface area contributed by atoms with Gasteiger partial charge in [-0.25, -0.2) is 4.57 Å². The van der Waals surface area contributed by atoms with E-state index in [1.165, 1.54) is 122 Å². The summed E-state index contributed by atoms with van der Waals surface area (Å²) in [7, 11) is -4.36. The van der Waals surface area contributed by atoms with Crippen molar-refractivity contribution in [1.82, 2.24) is 0 Å². The Balaban J connectivity index is 4.17. The number of hydrogen-bond donors (Lipinski definition) is 2. The molecule has 0 saturated carbocycles. The fraction of sp³-hybridized carbons (Fsp3) is 0.944. The van der Waals surface area contributed by atoms with Crippen molar-refractivity contribution in [2.45, 2.75) is 193 Å². The number of carbonyl (C=O) groups excluding carboxylic acids is 2. The van der Waals surface area contributed by atoms with Crippen molar-refractivity contribution in [2.75, 3.05) is 26.4 Å². The number of hydrogen-bond acceptors (Lipinski definition) is 8. The number of unbranched alkanes of at least 4 members (excludes halogenated alkanes) is 23. The molecular weight excluding hydrogens is 605 g/mol. The van der Waals surface area contributed by atoms with Crippen molar-refractivity contribution in [3.8, 4) is 0 Å². The maximum Gasteiger partial charge on any atom is 0.472 e. The Kier molecular flexibility index (Phi) is 33.2. The first-order valence-corrected chi connectivity index (χ1v) is 20.5. The van der Waals surface area contributed by atoms with E-state index in [1.54, 1.807) is 0 Å². The summed E-state index contributed by atoms with van der Waals surface area (Å²) in [4.78, 5) is 34.6. The highest BCUT2D eigenvalue weighted by molar-refractivity contribution is 7.47. The zero-order valence-corrected chi connectivity index (χ0v) is 30.7. The van der Waals surface area contributed by atoms with Gasteiger partial charge in [0.1, 0.15) is 6.61 Å². The Hall–Kier alpha value is -0.990. The van der Waals surface area contributed by atoms with Crippen LogP contribution in [0.2, 0.25) is 0 Å². The molecule has 2 atom stereocenters. The number of nitrogens with two attached hydrogens (primary N) is 1. The Morgan fingerprint density at radius 2 is 0.935 bits per heavy atom. The summed E-state index contributed by atoms with van der Waals surface area (Å²) in [6, 6.07) is 0. The predicted octanol–water partition coefficient (Wildman–Crippen LogP) is 10.1. The molecule has 0 aromatic carbocycles. The molecule has 0 saturated heterocycles. The maximum absolute atomic E-state index is 12.5. The zero-order valence-electron chi connectivity index (χ0n) is 29.8. The van der Waals surface area contributed by atoms with Crippen molar-refractivity contribution < 1.29 is 37.6 Å². The van der Waals surface area contributed by atoms with Crippen LogP contribution in [0.1, 0.15) is 187 Å². The lowest BCUT2D eigenvalue weighted by molar-refractivity contribution is -0.161. The third kappa shape index (κ3) is 32.9. The van der Waals surface area contributed by atoms with E-state index in [9.17, 15) is 19.0 Å². The van der Waals surface area contributed by atoms with Crippen LogP contribution < -0.4 is 5.73 Å². The Morgan fingerprint density at radius 1 is 0.565 bits per heavy atom. The van der Waals surface area contributed by atoms with Crippen molar-refractivity contribution in [3.05, 3.63) is 0 Å². The summed E-state index contributed by atoms with van der Waals surface area (Å²) in [5.74, 6) is -0.820. The van der Waals surface area contributed by atoms with Crippen LogP contribution in [-0.2, 0) is 32.7 Å². The van der Waals surface area contributed by atoms with E-state index in [0.717, 1.165) is 32.1 Å². The van der Waals surface area contributed by atoms with E-state index in [2.05, 4.69) is 13.8 Å². The van der Waals surface area contributed by atoms with Gasteiger partial charge in [0.2, 0.25) is 0 Å². The quantitative estimate of drug-likeness (QED) is 0.0377. The summed E-state index contributed by atoms with van der Waals surface area (Å²) < 4.78 is 32.6. The third-order valence-electron chi connectivity index (χ3n) is 8.24. The number of ether oxygens (including phenoxy) is 2. The monoisotopic (exact) mass is 677 g/mol. The minimum Gasteiger partial charge on any atom is -0.462 e. The average Bonchev–Trinajstić information content (AvgIpc) is 3.04. The summed E-state index contributed by atoms with van der Waals surface area (Å²) in [5, 5.41) is 0. The molecule has 0 heterocycles. The molecule has 46 heavy (non-hydrogen) atoms. The van der Waals surface area contributed by atoms with Crippen molar-refractivity contribution in [1.29, 1.82) is 0 Å². The maximum atomic E-state index is 12.5. The van der Waals surface area contributed by atoms with Gasteiger partial charge in [-0.15, -0.1) is 0 Å². The molecule has 0 aliphatic heterocycles. The van der Waals surface area contributed by atoms with Gasteiger partial charge in [-0.05, 0) is 12.8 Å². The zero-order chi connectivity index (χ0) is 34.0. The normalized spacial score (nSPS) is 13.4. The van der Waals surface area contributed by atoms with Gasteiger partial charge in [-0.3, -0.25) is 18.6 Å². The van der Waals surface area contributed by atoms with Gasteiger partial charge in [0.15, 0.2) is 6.10 Å². The Morgan fingerprint density at radius 3 is 1.33 bits per heavy atom. The highest BCUT2D eigenvalue weighted by Gasteiger charge is 2.25. The molecule has 0 amide bonds. The van der Waals surface area contributed by atoms with Gasteiger partial charge in [-0.2, -0.15) is 0 Å². The number of esters is 2. The first kappa shape index (κ1) is 45.0. The van der Waals surface area contributed by atoms with Gasteiger partial charge in [-0.1, -0.05) is 162 Å². The predicted molar refractivity (Wildman–Crippen MR) is 188 cm³/mol. The molecule has 0 spiro atoms. The minimum atomic E-state index is -4.36.